The minimum Gasteiger partial charge on any atom is -0.497 e. The van der Waals surface area contributed by atoms with Crippen LogP contribution in [0.15, 0.2) is 47.6 Å². The van der Waals surface area contributed by atoms with Gasteiger partial charge in [0.1, 0.15) is 11.5 Å². The number of hydrazone groups is 1. The lowest BCUT2D eigenvalue weighted by Crippen LogP contribution is -2.59. The number of rotatable bonds is 3. The van der Waals surface area contributed by atoms with Crippen LogP contribution in [0.2, 0.25) is 0 Å². The molecule has 158 valence electrons. The molecule has 1 atom stereocenters. The van der Waals surface area contributed by atoms with Crippen molar-refractivity contribution in [3.05, 3.63) is 59.2 Å². The molecule has 0 saturated carbocycles. The van der Waals surface area contributed by atoms with Gasteiger partial charge in [0.2, 0.25) is 5.72 Å². The van der Waals surface area contributed by atoms with Gasteiger partial charge >= 0.3 is 0 Å². The van der Waals surface area contributed by atoms with Gasteiger partial charge in [0.15, 0.2) is 0 Å². The van der Waals surface area contributed by atoms with Crippen molar-refractivity contribution in [2.75, 3.05) is 20.2 Å². The molecular weight excluding hydrogens is 374 g/mol. The Hall–Kier alpha value is -2.53. The second-order valence-corrected chi connectivity index (χ2v) is 9.06. The SMILES string of the molecule is COc1ccc(C2=NN3C(C2)c2cc(C)ccc2OC32CCN(C(C)C)CC2)cc1. The first-order valence-electron chi connectivity index (χ1n) is 11.0. The predicted octanol–water partition coefficient (Wildman–Crippen LogP) is 4.75. The van der Waals surface area contributed by atoms with Gasteiger partial charge in [0.05, 0.1) is 18.9 Å². The van der Waals surface area contributed by atoms with Gasteiger partial charge in [-0.2, -0.15) is 5.10 Å². The average molecular weight is 406 g/mol. The number of hydrogen-bond acceptors (Lipinski definition) is 5. The van der Waals surface area contributed by atoms with Crippen LogP contribution in [-0.4, -0.2) is 47.6 Å². The van der Waals surface area contributed by atoms with E-state index in [-0.39, 0.29) is 11.8 Å². The Balaban J connectivity index is 1.52. The molecule has 0 aromatic heterocycles. The zero-order chi connectivity index (χ0) is 20.9. The number of piperidine rings is 1. The zero-order valence-electron chi connectivity index (χ0n) is 18.4. The number of nitrogens with zero attached hydrogens (tertiary/aromatic N) is 3. The molecule has 0 N–H and O–H groups in total. The van der Waals surface area contributed by atoms with Crippen molar-refractivity contribution in [1.29, 1.82) is 0 Å². The zero-order valence-corrected chi connectivity index (χ0v) is 18.4. The monoisotopic (exact) mass is 405 g/mol. The number of aryl methyl sites for hydroxylation is 1. The minimum absolute atomic E-state index is 0.233. The van der Waals surface area contributed by atoms with E-state index in [0.717, 1.165) is 55.1 Å². The molecule has 2 aromatic carbocycles. The molecule has 3 aliphatic rings. The second-order valence-electron chi connectivity index (χ2n) is 9.06. The Kier molecular flexibility index (Phi) is 4.73. The molecular formula is C25H31N3O2. The number of hydrogen-bond donors (Lipinski definition) is 0. The number of fused-ring (bicyclic) bond motifs is 4. The molecule has 5 nitrogen and oxygen atoms in total. The van der Waals surface area contributed by atoms with Crippen LogP contribution in [0.5, 0.6) is 11.5 Å². The van der Waals surface area contributed by atoms with Crippen LogP contribution in [-0.2, 0) is 0 Å². The maximum absolute atomic E-state index is 6.75. The van der Waals surface area contributed by atoms with Crippen molar-refractivity contribution < 1.29 is 9.47 Å². The van der Waals surface area contributed by atoms with Crippen LogP contribution >= 0.6 is 0 Å². The van der Waals surface area contributed by atoms with E-state index in [4.69, 9.17) is 14.6 Å². The number of likely N-dealkylation sites (tertiary alicyclic amines) is 1. The second kappa shape index (κ2) is 7.31. The molecule has 30 heavy (non-hydrogen) atoms. The summed E-state index contributed by atoms with van der Waals surface area (Å²) in [7, 11) is 1.70. The summed E-state index contributed by atoms with van der Waals surface area (Å²) in [5.74, 6) is 1.91. The fraction of sp³-hybridized carbons (Fsp3) is 0.480. The molecule has 1 spiro atoms. The van der Waals surface area contributed by atoms with E-state index >= 15 is 0 Å². The molecule has 1 unspecified atom stereocenters. The predicted molar refractivity (Wildman–Crippen MR) is 119 cm³/mol. The standard InChI is InChI=1S/C25H31N3O2/c1-17(2)27-13-11-25(12-14-27)28-23(21-15-18(3)5-10-24(21)30-25)16-22(26-28)19-6-8-20(29-4)9-7-19/h5-10,15,17,23H,11-14,16H2,1-4H3. The molecule has 0 amide bonds. The lowest BCUT2D eigenvalue weighted by Gasteiger charge is -2.51. The highest BCUT2D eigenvalue weighted by molar-refractivity contribution is 6.02. The van der Waals surface area contributed by atoms with Gasteiger partial charge in [0, 0.05) is 44.0 Å². The first-order valence-corrected chi connectivity index (χ1v) is 11.0. The van der Waals surface area contributed by atoms with Gasteiger partial charge in [-0.15, -0.1) is 0 Å². The van der Waals surface area contributed by atoms with E-state index in [9.17, 15) is 0 Å². The van der Waals surface area contributed by atoms with Gasteiger partial charge in [-0.05, 0) is 56.7 Å². The molecule has 0 radical (unpaired) electrons. The van der Waals surface area contributed by atoms with Crippen LogP contribution in [0, 0.1) is 6.92 Å². The third kappa shape index (κ3) is 3.16. The topological polar surface area (TPSA) is 37.3 Å². The molecule has 5 heteroatoms. The average Bonchev–Trinajstić information content (AvgIpc) is 3.22. The molecule has 2 aromatic rings. The Labute approximate surface area is 179 Å². The lowest BCUT2D eigenvalue weighted by molar-refractivity contribution is -0.152. The highest BCUT2D eigenvalue weighted by Crippen LogP contribution is 2.50. The van der Waals surface area contributed by atoms with Crippen molar-refractivity contribution in [3.8, 4) is 11.5 Å². The van der Waals surface area contributed by atoms with E-state index in [0.29, 0.717) is 6.04 Å². The van der Waals surface area contributed by atoms with Crippen LogP contribution in [0.3, 0.4) is 0 Å². The van der Waals surface area contributed by atoms with Gasteiger partial charge in [-0.25, -0.2) is 5.01 Å². The maximum atomic E-state index is 6.75. The summed E-state index contributed by atoms with van der Waals surface area (Å²) in [6.07, 6.45) is 2.84. The van der Waals surface area contributed by atoms with Gasteiger partial charge in [0.25, 0.3) is 0 Å². The largest absolute Gasteiger partial charge is 0.497 e. The van der Waals surface area contributed by atoms with E-state index in [1.807, 2.05) is 12.1 Å². The molecule has 5 rings (SSSR count). The number of methoxy groups -OCH3 is 1. The van der Waals surface area contributed by atoms with Crippen molar-refractivity contribution in [3.63, 3.8) is 0 Å². The highest BCUT2D eigenvalue weighted by Gasteiger charge is 2.51. The van der Waals surface area contributed by atoms with Crippen molar-refractivity contribution in [1.82, 2.24) is 9.91 Å². The third-order valence-electron chi connectivity index (χ3n) is 6.88. The first kappa shape index (κ1) is 19.4. The van der Waals surface area contributed by atoms with Gasteiger partial charge in [-0.1, -0.05) is 17.7 Å². The Bertz CT molecular complexity index is 959. The number of ether oxygens (including phenoxy) is 2. The van der Waals surface area contributed by atoms with E-state index in [1.54, 1.807) is 7.11 Å². The summed E-state index contributed by atoms with van der Waals surface area (Å²) >= 11 is 0. The summed E-state index contributed by atoms with van der Waals surface area (Å²) in [5, 5.41) is 7.47. The van der Waals surface area contributed by atoms with Crippen LogP contribution in [0.1, 0.15) is 55.8 Å². The fourth-order valence-electron chi connectivity index (χ4n) is 5.08. The molecule has 1 saturated heterocycles. The molecule has 3 aliphatic heterocycles. The quantitative estimate of drug-likeness (QED) is 0.739. The highest BCUT2D eigenvalue weighted by atomic mass is 16.5. The third-order valence-corrected chi connectivity index (χ3v) is 6.88. The smallest absolute Gasteiger partial charge is 0.200 e. The van der Waals surface area contributed by atoms with Gasteiger partial charge < -0.3 is 14.4 Å². The summed E-state index contributed by atoms with van der Waals surface area (Å²) < 4.78 is 12.1. The van der Waals surface area contributed by atoms with Crippen molar-refractivity contribution >= 4 is 5.71 Å². The van der Waals surface area contributed by atoms with Crippen molar-refractivity contribution in [2.45, 2.75) is 57.8 Å². The van der Waals surface area contributed by atoms with Crippen LogP contribution in [0.4, 0.5) is 0 Å². The first-order chi connectivity index (χ1) is 14.5. The lowest BCUT2D eigenvalue weighted by atomic mass is 9.90. The van der Waals surface area contributed by atoms with Crippen LogP contribution in [0.25, 0.3) is 0 Å². The fourth-order valence-corrected chi connectivity index (χ4v) is 5.08. The summed E-state index contributed by atoms with van der Waals surface area (Å²) in [6.45, 7) is 8.77. The van der Waals surface area contributed by atoms with Gasteiger partial charge in [-0.3, -0.25) is 0 Å². The van der Waals surface area contributed by atoms with E-state index in [2.05, 4.69) is 61.0 Å². The Morgan fingerprint density at radius 3 is 2.50 bits per heavy atom. The maximum Gasteiger partial charge on any atom is 0.200 e. The van der Waals surface area contributed by atoms with E-state index in [1.165, 1.54) is 11.1 Å². The minimum atomic E-state index is -0.355. The normalized spacial score (nSPS) is 22.5. The molecule has 0 bridgehead atoms. The van der Waals surface area contributed by atoms with Crippen molar-refractivity contribution in [2.24, 2.45) is 5.10 Å². The Morgan fingerprint density at radius 1 is 1.10 bits per heavy atom. The number of benzene rings is 2. The summed E-state index contributed by atoms with van der Waals surface area (Å²) in [4.78, 5) is 2.54. The Morgan fingerprint density at radius 2 is 1.83 bits per heavy atom. The van der Waals surface area contributed by atoms with E-state index < -0.39 is 0 Å². The summed E-state index contributed by atoms with van der Waals surface area (Å²) in [6, 6.07) is 15.6. The van der Waals surface area contributed by atoms with Crippen LogP contribution < -0.4 is 9.47 Å². The summed E-state index contributed by atoms with van der Waals surface area (Å²) in [5.41, 5.74) is 4.47. The molecule has 3 heterocycles. The molecule has 0 aliphatic carbocycles. The molecule has 1 fully saturated rings.